The van der Waals surface area contributed by atoms with Gasteiger partial charge in [-0.1, -0.05) is 24.8 Å². The van der Waals surface area contributed by atoms with Crippen LogP contribution in [0.4, 0.5) is 0 Å². The molecule has 0 unspecified atom stereocenters. The summed E-state index contributed by atoms with van der Waals surface area (Å²) in [5.74, 6) is 0. The SMILES string of the molecule is C=C/C(N)=C\C(=C/C)c1ccc2[nH]nc(-c3cc4c(-c5cccnc5)cncc4[nH]3)c2c1. The molecule has 0 saturated carbocycles. The summed E-state index contributed by atoms with van der Waals surface area (Å²) in [4.78, 5) is 12.1. The van der Waals surface area contributed by atoms with Gasteiger partial charge in [0.25, 0.3) is 0 Å². The molecular formula is C26H22N6. The van der Waals surface area contributed by atoms with E-state index in [1.807, 2.05) is 55.9 Å². The monoisotopic (exact) mass is 418 g/mol. The van der Waals surface area contributed by atoms with Crippen molar-refractivity contribution >= 4 is 27.4 Å². The van der Waals surface area contributed by atoms with E-state index in [9.17, 15) is 0 Å². The van der Waals surface area contributed by atoms with E-state index in [-0.39, 0.29) is 0 Å². The van der Waals surface area contributed by atoms with Gasteiger partial charge in [-0.25, -0.2) is 0 Å². The zero-order valence-electron chi connectivity index (χ0n) is 17.6. The minimum atomic E-state index is 0.622. The zero-order valence-corrected chi connectivity index (χ0v) is 17.6. The fourth-order valence-electron chi connectivity index (χ4n) is 3.90. The average Bonchev–Trinajstić information content (AvgIpc) is 3.46. The summed E-state index contributed by atoms with van der Waals surface area (Å²) >= 11 is 0. The van der Waals surface area contributed by atoms with Crippen molar-refractivity contribution < 1.29 is 0 Å². The first-order valence-electron chi connectivity index (χ1n) is 10.3. The number of H-pyrrole nitrogens is 2. The van der Waals surface area contributed by atoms with Crippen LogP contribution in [0.5, 0.6) is 0 Å². The molecule has 6 heteroatoms. The first-order valence-corrected chi connectivity index (χ1v) is 10.3. The number of nitrogens with one attached hydrogen (secondary N) is 2. The second kappa shape index (κ2) is 8.00. The molecule has 32 heavy (non-hydrogen) atoms. The van der Waals surface area contributed by atoms with Gasteiger partial charge in [0.1, 0.15) is 5.69 Å². The Balaban J connectivity index is 1.65. The summed E-state index contributed by atoms with van der Waals surface area (Å²) in [7, 11) is 0. The van der Waals surface area contributed by atoms with Gasteiger partial charge in [-0.05, 0) is 54.5 Å². The first-order chi connectivity index (χ1) is 15.7. The molecule has 1 aromatic carbocycles. The molecule has 0 saturated heterocycles. The molecule has 5 aromatic rings. The second-order valence-electron chi connectivity index (χ2n) is 7.50. The predicted octanol–water partition coefficient (Wildman–Crippen LogP) is 5.60. The minimum absolute atomic E-state index is 0.622. The molecule has 0 fully saturated rings. The molecule has 0 aliphatic rings. The van der Waals surface area contributed by atoms with Gasteiger partial charge in [0, 0.05) is 46.2 Å². The third-order valence-electron chi connectivity index (χ3n) is 5.54. The smallest absolute Gasteiger partial charge is 0.116 e. The summed E-state index contributed by atoms with van der Waals surface area (Å²) in [5.41, 5.74) is 14.4. The Morgan fingerprint density at radius 3 is 2.72 bits per heavy atom. The summed E-state index contributed by atoms with van der Waals surface area (Å²) in [6.07, 6.45) is 12.9. The number of hydrogen-bond acceptors (Lipinski definition) is 4. The van der Waals surface area contributed by atoms with E-state index in [0.29, 0.717) is 5.70 Å². The van der Waals surface area contributed by atoms with Gasteiger partial charge in [-0.2, -0.15) is 5.10 Å². The van der Waals surface area contributed by atoms with Crippen molar-refractivity contribution in [1.29, 1.82) is 0 Å². The predicted molar refractivity (Wildman–Crippen MR) is 131 cm³/mol. The van der Waals surface area contributed by atoms with E-state index < -0.39 is 0 Å². The van der Waals surface area contributed by atoms with Gasteiger partial charge in [0.05, 0.1) is 22.9 Å². The molecular weight excluding hydrogens is 396 g/mol. The highest BCUT2D eigenvalue weighted by Gasteiger charge is 2.14. The minimum Gasteiger partial charge on any atom is -0.399 e. The van der Waals surface area contributed by atoms with Crippen molar-refractivity contribution in [3.63, 3.8) is 0 Å². The number of aromatic amines is 2. The number of nitrogens with two attached hydrogens (primary N) is 1. The molecule has 0 aliphatic carbocycles. The van der Waals surface area contributed by atoms with Crippen LogP contribution in [0.25, 0.3) is 49.9 Å². The zero-order chi connectivity index (χ0) is 22.1. The van der Waals surface area contributed by atoms with Crippen LogP contribution in [0.3, 0.4) is 0 Å². The third-order valence-corrected chi connectivity index (χ3v) is 5.54. The van der Waals surface area contributed by atoms with Crippen molar-refractivity contribution in [2.45, 2.75) is 6.92 Å². The largest absolute Gasteiger partial charge is 0.399 e. The number of hydrogen-bond donors (Lipinski definition) is 3. The molecule has 156 valence electrons. The van der Waals surface area contributed by atoms with Gasteiger partial charge >= 0.3 is 0 Å². The Labute approximate surface area is 185 Å². The maximum absolute atomic E-state index is 5.97. The number of pyridine rings is 2. The molecule has 4 N–H and O–H groups in total. The van der Waals surface area contributed by atoms with Crippen molar-refractivity contribution in [3.05, 3.63) is 97.3 Å². The molecule has 0 amide bonds. The van der Waals surface area contributed by atoms with Crippen molar-refractivity contribution in [2.75, 3.05) is 0 Å². The van der Waals surface area contributed by atoms with Gasteiger partial charge in [-0.15, -0.1) is 0 Å². The van der Waals surface area contributed by atoms with E-state index >= 15 is 0 Å². The molecule has 4 aromatic heterocycles. The van der Waals surface area contributed by atoms with Crippen LogP contribution in [-0.2, 0) is 0 Å². The van der Waals surface area contributed by atoms with Crippen LogP contribution in [0, 0.1) is 0 Å². The summed E-state index contributed by atoms with van der Waals surface area (Å²) in [6.45, 7) is 5.73. The van der Waals surface area contributed by atoms with Gasteiger partial charge < -0.3 is 10.7 Å². The van der Waals surface area contributed by atoms with Crippen LogP contribution >= 0.6 is 0 Å². The molecule has 0 spiro atoms. The summed E-state index contributed by atoms with van der Waals surface area (Å²) in [6, 6.07) is 12.3. The number of rotatable bonds is 5. The number of nitrogens with zero attached hydrogens (tertiary/aromatic N) is 3. The Bertz CT molecular complexity index is 1500. The highest BCUT2D eigenvalue weighted by Crippen LogP contribution is 2.34. The summed E-state index contributed by atoms with van der Waals surface area (Å²) < 4.78 is 0. The van der Waals surface area contributed by atoms with E-state index in [1.165, 1.54) is 0 Å². The second-order valence-corrected chi connectivity index (χ2v) is 7.50. The lowest BCUT2D eigenvalue weighted by Crippen LogP contribution is -1.93. The van der Waals surface area contributed by atoms with Crippen LogP contribution in [0.2, 0.25) is 0 Å². The van der Waals surface area contributed by atoms with E-state index in [4.69, 9.17) is 5.73 Å². The molecule has 0 radical (unpaired) electrons. The third kappa shape index (κ3) is 3.37. The van der Waals surface area contributed by atoms with Crippen LogP contribution in [0.1, 0.15) is 12.5 Å². The molecule has 5 rings (SSSR count). The maximum Gasteiger partial charge on any atom is 0.116 e. The number of benzene rings is 1. The highest BCUT2D eigenvalue weighted by molar-refractivity contribution is 6.01. The molecule has 0 aliphatic heterocycles. The number of allylic oxidation sites excluding steroid dienone is 4. The van der Waals surface area contributed by atoms with Crippen molar-refractivity contribution in [1.82, 2.24) is 25.1 Å². The molecule has 4 heterocycles. The molecule has 6 nitrogen and oxygen atoms in total. The van der Waals surface area contributed by atoms with Gasteiger partial charge in [-0.3, -0.25) is 15.1 Å². The Kier molecular flexibility index (Phi) is 4.88. The maximum atomic E-state index is 5.97. The van der Waals surface area contributed by atoms with E-state index in [2.05, 4.69) is 49.9 Å². The van der Waals surface area contributed by atoms with Crippen molar-refractivity contribution in [3.8, 4) is 22.5 Å². The average molecular weight is 419 g/mol. The topological polar surface area (TPSA) is 96.3 Å². The highest BCUT2D eigenvalue weighted by atomic mass is 15.1. The Morgan fingerprint density at radius 2 is 1.94 bits per heavy atom. The molecule has 0 atom stereocenters. The first kappa shape index (κ1) is 19.5. The fourth-order valence-corrected chi connectivity index (χ4v) is 3.90. The lowest BCUT2D eigenvalue weighted by molar-refractivity contribution is 1.12. The standard InChI is InChI=1S/C26H22N6/c1-3-16(10-19(27)4-2)17-7-8-23-21(11-17)26(32-31-23)24-12-20-22(14-29-15-25(20)30-24)18-6-5-9-28-13-18/h3-15,30H,2,27H2,1H3,(H,31,32)/b16-3+,19-10+. The number of aromatic nitrogens is 5. The lowest BCUT2D eigenvalue weighted by Gasteiger charge is -2.04. The van der Waals surface area contributed by atoms with Gasteiger partial charge in [0.2, 0.25) is 0 Å². The summed E-state index contributed by atoms with van der Waals surface area (Å²) in [5, 5.41) is 9.84. The van der Waals surface area contributed by atoms with Crippen LogP contribution < -0.4 is 5.73 Å². The van der Waals surface area contributed by atoms with Gasteiger partial charge in [0.15, 0.2) is 0 Å². The van der Waals surface area contributed by atoms with Crippen molar-refractivity contribution in [2.24, 2.45) is 5.73 Å². The fraction of sp³-hybridized carbons (Fsp3) is 0.0385. The normalized spacial score (nSPS) is 12.5. The lowest BCUT2D eigenvalue weighted by atomic mass is 10.0. The van der Waals surface area contributed by atoms with Crippen LogP contribution in [0.15, 0.2) is 91.7 Å². The Morgan fingerprint density at radius 1 is 1.03 bits per heavy atom. The number of fused-ring (bicyclic) bond motifs is 2. The Hall–Kier alpha value is -4.45. The molecule has 0 bridgehead atoms. The van der Waals surface area contributed by atoms with Crippen LogP contribution in [-0.4, -0.2) is 25.1 Å². The van der Waals surface area contributed by atoms with E-state index in [1.54, 1.807) is 12.3 Å². The van der Waals surface area contributed by atoms with E-state index in [0.717, 1.165) is 55.5 Å². The quantitative estimate of drug-likeness (QED) is 0.324.